The van der Waals surface area contributed by atoms with E-state index in [1.807, 2.05) is 32.1 Å². The molecular weight excluding hydrogens is 136 g/mol. The van der Waals surface area contributed by atoms with E-state index in [1.165, 1.54) is 0 Å². The average molecular weight is 154 g/mol. The molecule has 1 heteroatoms. The second-order valence-corrected chi connectivity index (χ2v) is 2.55. The highest BCUT2D eigenvalue weighted by Gasteiger charge is 1.89. The van der Waals surface area contributed by atoms with Crippen LogP contribution >= 0.6 is 0 Å². The highest BCUT2D eigenvalue weighted by Crippen LogP contribution is 1.96. The van der Waals surface area contributed by atoms with Gasteiger partial charge in [-0.25, -0.2) is 0 Å². The van der Waals surface area contributed by atoms with Gasteiger partial charge in [-0.05, 0) is 26.2 Å². The third-order valence-corrected chi connectivity index (χ3v) is 1.51. The van der Waals surface area contributed by atoms with Crippen LogP contribution in [0.15, 0.2) is 24.3 Å². The number of unbranched alkanes of at least 4 members (excludes halogenated alkanes) is 1. The second-order valence-electron chi connectivity index (χ2n) is 2.55. The van der Waals surface area contributed by atoms with Crippen molar-refractivity contribution < 1.29 is 5.11 Å². The molecule has 0 bridgehead atoms. The standard InChI is InChI=1S/C10H18O/c1-3-5-6-7-8-9-10(11)4-2/h3,5,8-11H,4,6-7H2,1-2H3/b5-3+,9-8+. The van der Waals surface area contributed by atoms with Crippen LogP contribution in [0.1, 0.15) is 33.1 Å². The maximum Gasteiger partial charge on any atom is 0.0718 e. The van der Waals surface area contributed by atoms with Crippen molar-refractivity contribution in [2.75, 3.05) is 0 Å². The zero-order chi connectivity index (χ0) is 8.53. The molecule has 0 aliphatic carbocycles. The van der Waals surface area contributed by atoms with Crippen molar-refractivity contribution in [2.24, 2.45) is 0 Å². The lowest BCUT2D eigenvalue weighted by Crippen LogP contribution is -1.97. The molecule has 64 valence electrons. The molecule has 0 aromatic heterocycles. The minimum atomic E-state index is -0.249. The molecular formula is C10H18O. The number of aliphatic hydroxyl groups is 1. The lowest BCUT2D eigenvalue weighted by atomic mass is 10.2. The van der Waals surface area contributed by atoms with Crippen LogP contribution in [-0.2, 0) is 0 Å². The van der Waals surface area contributed by atoms with Gasteiger partial charge in [-0.2, -0.15) is 0 Å². The highest BCUT2D eigenvalue weighted by molar-refractivity contribution is 4.90. The zero-order valence-corrected chi connectivity index (χ0v) is 7.46. The average Bonchev–Trinajstić information content (AvgIpc) is 2.04. The maximum absolute atomic E-state index is 9.11. The predicted octanol–water partition coefficient (Wildman–Crippen LogP) is 2.67. The second kappa shape index (κ2) is 7.55. The van der Waals surface area contributed by atoms with Crippen molar-refractivity contribution in [2.45, 2.75) is 39.2 Å². The third kappa shape index (κ3) is 7.34. The zero-order valence-electron chi connectivity index (χ0n) is 7.46. The van der Waals surface area contributed by atoms with Gasteiger partial charge >= 0.3 is 0 Å². The summed E-state index contributed by atoms with van der Waals surface area (Å²) in [6.07, 6.45) is 10.7. The molecule has 0 aliphatic heterocycles. The van der Waals surface area contributed by atoms with Gasteiger partial charge in [0.05, 0.1) is 6.10 Å². The molecule has 0 amide bonds. The molecule has 0 aliphatic rings. The highest BCUT2D eigenvalue weighted by atomic mass is 16.3. The van der Waals surface area contributed by atoms with E-state index in [0.717, 1.165) is 19.3 Å². The van der Waals surface area contributed by atoms with Crippen LogP contribution in [-0.4, -0.2) is 11.2 Å². The molecule has 1 N–H and O–H groups in total. The van der Waals surface area contributed by atoms with Crippen LogP contribution in [0.4, 0.5) is 0 Å². The Kier molecular flexibility index (Phi) is 7.16. The van der Waals surface area contributed by atoms with Gasteiger partial charge in [0.1, 0.15) is 0 Å². The first-order valence-electron chi connectivity index (χ1n) is 4.27. The number of hydrogen-bond donors (Lipinski definition) is 1. The first kappa shape index (κ1) is 10.4. The first-order valence-corrected chi connectivity index (χ1v) is 4.27. The van der Waals surface area contributed by atoms with Gasteiger partial charge < -0.3 is 5.11 Å². The van der Waals surface area contributed by atoms with Crippen LogP contribution in [0.2, 0.25) is 0 Å². The summed E-state index contributed by atoms with van der Waals surface area (Å²) in [5, 5.41) is 9.11. The predicted molar refractivity (Wildman–Crippen MR) is 49.5 cm³/mol. The van der Waals surface area contributed by atoms with Crippen molar-refractivity contribution in [1.29, 1.82) is 0 Å². The van der Waals surface area contributed by atoms with Gasteiger partial charge in [-0.15, -0.1) is 0 Å². The van der Waals surface area contributed by atoms with Gasteiger partial charge in [0.15, 0.2) is 0 Å². The summed E-state index contributed by atoms with van der Waals surface area (Å²) in [7, 11) is 0. The summed E-state index contributed by atoms with van der Waals surface area (Å²) < 4.78 is 0. The third-order valence-electron chi connectivity index (χ3n) is 1.51. The summed E-state index contributed by atoms with van der Waals surface area (Å²) in [6, 6.07) is 0. The summed E-state index contributed by atoms with van der Waals surface area (Å²) in [4.78, 5) is 0. The number of rotatable bonds is 5. The summed E-state index contributed by atoms with van der Waals surface area (Å²) in [5.41, 5.74) is 0. The Hall–Kier alpha value is -0.560. The lowest BCUT2D eigenvalue weighted by molar-refractivity contribution is 0.219. The lowest BCUT2D eigenvalue weighted by Gasteiger charge is -1.97. The molecule has 1 atom stereocenters. The van der Waals surface area contributed by atoms with Crippen LogP contribution in [0.5, 0.6) is 0 Å². The molecule has 0 spiro atoms. The van der Waals surface area contributed by atoms with Gasteiger partial charge in [-0.1, -0.05) is 31.2 Å². The van der Waals surface area contributed by atoms with E-state index in [4.69, 9.17) is 5.11 Å². The Labute approximate surface area is 69.4 Å². The van der Waals surface area contributed by atoms with E-state index < -0.39 is 0 Å². The molecule has 11 heavy (non-hydrogen) atoms. The van der Waals surface area contributed by atoms with Gasteiger partial charge in [0.25, 0.3) is 0 Å². The molecule has 0 saturated heterocycles. The monoisotopic (exact) mass is 154 g/mol. The summed E-state index contributed by atoms with van der Waals surface area (Å²) >= 11 is 0. The quantitative estimate of drug-likeness (QED) is 0.477. The maximum atomic E-state index is 9.11. The molecule has 1 nitrogen and oxygen atoms in total. The van der Waals surface area contributed by atoms with Crippen LogP contribution in [0.25, 0.3) is 0 Å². The minimum absolute atomic E-state index is 0.249. The fourth-order valence-electron chi connectivity index (χ4n) is 0.749. The van der Waals surface area contributed by atoms with Crippen LogP contribution in [0, 0.1) is 0 Å². The first-order chi connectivity index (χ1) is 5.31. The molecule has 0 fully saturated rings. The van der Waals surface area contributed by atoms with Crippen molar-refractivity contribution in [3.8, 4) is 0 Å². The van der Waals surface area contributed by atoms with Crippen LogP contribution < -0.4 is 0 Å². The van der Waals surface area contributed by atoms with E-state index in [1.54, 1.807) is 0 Å². The van der Waals surface area contributed by atoms with Gasteiger partial charge in [0.2, 0.25) is 0 Å². The van der Waals surface area contributed by atoms with Gasteiger partial charge in [0, 0.05) is 0 Å². The Morgan fingerprint density at radius 1 is 1.27 bits per heavy atom. The molecule has 0 aromatic carbocycles. The minimum Gasteiger partial charge on any atom is -0.389 e. The molecule has 0 heterocycles. The summed E-state index contributed by atoms with van der Waals surface area (Å²) in [5.74, 6) is 0. The largest absolute Gasteiger partial charge is 0.389 e. The Morgan fingerprint density at radius 3 is 2.45 bits per heavy atom. The van der Waals surface area contributed by atoms with Crippen molar-refractivity contribution in [3.63, 3.8) is 0 Å². The fourth-order valence-corrected chi connectivity index (χ4v) is 0.749. The Morgan fingerprint density at radius 2 is 1.91 bits per heavy atom. The molecule has 0 radical (unpaired) electrons. The normalized spacial score (nSPS) is 14.8. The topological polar surface area (TPSA) is 20.2 Å². The van der Waals surface area contributed by atoms with Gasteiger partial charge in [-0.3, -0.25) is 0 Å². The van der Waals surface area contributed by atoms with Crippen molar-refractivity contribution in [1.82, 2.24) is 0 Å². The molecule has 0 saturated carbocycles. The molecule has 0 aromatic rings. The van der Waals surface area contributed by atoms with E-state index in [0.29, 0.717) is 0 Å². The van der Waals surface area contributed by atoms with E-state index in [-0.39, 0.29) is 6.10 Å². The molecule has 1 unspecified atom stereocenters. The number of aliphatic hydroxyl groups excluding tert-OH is 1. The SMILES string of the molecule is C/C=C/CC/C=C/C(O)CC. The fraction of sp³-hybridized carbons (Fsp3) is 0.600. The van der Waals surface area contributed by atoms with E-state index in [9.17, 15) is 0 Å². The van der Waals surface area contributed by atoms with Crippen molar-refractivity contribution in [3.05, 3.63) is 24.3 Å². The Balaban J connectivity index is 3.29. The smallest absolute Gasteiger partial charge is 0.0718 e. The molecule has 0 rings (SSSR count). The van der Waals surface area contributed by atoms with Crippen LogP contribution in [0.3, 0.4) is 0 Å². The van der Waals surface area contributed by atoms with E-state index >= 15 is 0 Å². The number of allylic oxidation sites excluding steroid dienone is 3. The number of hydrogen-bond acceptors (Lipinski definition) is 1. The van der Waals surface area contributed by atoms with Crippen molar-refractivity contribution >= 4 is 0 Å². The summed E-state index contributed by atoms with van der Waals surface area (Å²) in [6.45, 7) is 3.99. The van der Waals surface area contributed by atoms with E-state index in [2.05, 4.69) is 6.08 Å². The Bertz CT molecular complexity index is 125.